The molecule has 0 spiro atoms. The van der Waals surface area contributed by atoms with Crippen LogP contribution in [0.15, 0.2) is 0 Å². The number of nitrogens with zero attached hydrogens (tertiary/aromatic N) is 1. The molecule has 4 saturated carbocycles. The minimum atomic E-state index is -4.17. The van der Waals surface area contributed by atoms with Gasteiger partial charge >= 0.3 is 0 Å². The molecule has 4 aliphatic carbocycles. The van der Waals surface area contributed by atoms with Crippen molar-refractivity contribution in [3.63, 3.8) is 0 Å². The van der Waals surface area contributed by atoms with Gasteiger partial charge in [0.15, 0.2) is 0 Å². The number of amides is 1. The molecule has 0 bridgehead atoms. The number of quaternary nitrogens is 1. The monoisotopic (exact) mass is 598 g/mol. The zero-order valence-electron chi connectivity index (χ0n) is 26.3. The highest BCUT2D eigenvalue weighted by molar-refractivity contribution is 7.85. The topological polar surface area (TPSA) is 127 Å². The van der Waals surface area contributed by atoms with E-state index < -0.39 is 10.1 Å². The van der Waals surface area contributed by atoms with Crippen molar-refractivity contribution in [3.8, 4) is 0 Å². The first-order valence-electron chi connectivity index (χ1n) is 16.5. The lowest BCUT2D eigenvalue weighted by Gasteiger charge is -2.63. The number of carbonyl (C=O) groups is 1. The normalized spacial score (nSPS) is 39.9. The van der Waals surface area contributed by atoms with E-state index in [0.29, 0.717) is 60.0 Å². The third kappa shape index (κ3) is 7.16. The molecule has 9 heteroatoms. The molecule has 4 aliphatic rings. The van der Waals surface area contributed by atoms with Crippen molar-refractivity contribution in [1.82, 2.24) is 5.32 Å². The molecule has 238 valence electrons. The molecule has 4 rings (SSSR count). The van der Waals surface area contributed by atoms with Gasteiger partial charge in [-0.3, -0.25) is 4.79 Å². The van der Waals surface area contributed by atoms with Crippen molar-refractivity contribution in [3.05, 3.63) is 0 Å². The average Bonchev–Trinajstić information content (AvgIpc) is 3.23. The molecule has 4 unspecified atom stereocenters. The van der Waals surface area contributed by atoms with Gasteiger partial charge in [-0.2, -0.15) is 0 Å². The SMILES string of the molecule is C[C@H](CCC(=O)NCCC[N+](C)(C)CCCS(=O)(=O)[O-])[C@@H]1CCC2C3C(O)C[C@@H]4CCCC[C@]4(C)C3C[C@H](O)[C@@]21C. The van der Waals surface area contributed by atoms with Gasteiger partial charge in [-0.1, -0.05) is 33.6 Å². The number of aliphatic hydroxyl groups excluding tert-OH is 2. The molecule has 0 saturated heterocycles. The molecule has 10 atom stereocenters. The van der Waals surface area contributed by atoms with Crippen molar-refractivity contribution >= 4 is 16.0 Å². The van der Waals surface area contributed by atoms with Crippen molar-refractivity contribution in [2.75, 3.05) is 39.5 Å². The summed E-state index contributed by atoms with van der Waals surface area (Å²) in [5, 5.41) is 26.3. The Morgan fingerprint density at radius 1 is 1.05 bits per heavy atom. The van der Waals surface area contributed by atoms with Crippen molar-refractivity contribution in [2.24, 2.45) is 46.3 Å². The summed E-state index contributed by atoms with van der Waals surface area (Å²) in [6.07, 6.45) is 10.7. The summed E-state index contributed by atoms with van der Waals surface area (Å²) < 4.78 is 33.1. The van der Waals surface area contributed by atoms with E-state index >= 15 is 0 Å². The fraction of sp³-hybridized carbons (Fsp3) is 0.969. The quantitative estimate of drug-likeness (QED) is 0.178. The highest BCUT2D eigenvalue weighted by Crippen LogP contribution is 2.68. The second-order valence-corrected chi connectivity index (χ2v) is 17.1. The van der Waals surface area contributed by atoms with Gasteiger partial charge in [-0.15, -0.1) is 0 Å². The van der Waals surface area contributed by atoms with E-state index in [4.69, 9.17) is 0 Å². The van der Waals surface area contributed by atoms with Gasteiger partial charge < -0.3 is 24.6 Å². The number of rotatable bonds is 12. The van der Waals surface area contributed by atoms with Crippen LogP contribution in [0.25, 0.3) is 0 Å². The molecule has 0 heterocycles. The third-order valence-electron chi connectivity index (χ3n) is 12.7. The molecule has 0 aromatic heterocycles. The van der Waals surface area contributed by atoms with Gasteiger partial charge in [-0.25, -0.2) is 8.42 Å². The van der Waals surface area contributed by atoms with E-state index in [1.54, 1.807) is 0 Å². The third-order valence-corrected chi connectivity index (χ3v) is 13.5. The highest BCUT2D eigenvalue weighted by Gasteiger charge is 2.65. The van der Waals surface area contributed by atoms with Gasteiger partial charge in [-0.05, 0) is 91.3 Å². The zero-order chi connectivity index (χ0) is 30.2. The summed E-state index contributed by atoms with van der Waals surface area (Å²) in [6.45, 7) is 8.99. The number of carbonyl (C=O) groups excluding carboxylic acids is 1. The van der Waals surface area contributed by atoms with E-state index in [1.807, 2.05) is 14.1 Å². The molecular weight excluding hydrogens is 540 g/mol. The van der Waals surface area contributed by atoms with Crippen LogP contribution < -0.4 is 5.32 Å². The first kappa shape index (κ1) is 33.2. The zero-order valence-corrected chi connectivity index (χ0v) is 27.1. The standard InChI is InChI=1S/C32H58N2O6S/c1-22(11-14-29(37)33-16-8-17-34(4,5)18-9-19-41(38,39)40)24-12-13-25-30-26(21-28(36)32(24,25)3)31(2)15-7-6-10-23(31)20-27(30)35/h22-28,30,35-36H,6-21H2,1-5H3,(H-,33,37,38,39,40)/t22-,23+,24+,25?,26?,27?,28+,30?,31+,32-/m1/s1. The minimum absolute atomic E-state index is 0.0579. The molecule has 3 N–H and O–H groups in total. The summed E-state index contributed by atoms with van der Waals surface area (Å²) in [5.41, 5.74) is 0.0444. The first-order chi connectivity index (χ1) is 19.1. The van der Waals surface area contributed by atoms with Gasteiger partial charge in [0.1, 0.15) is 0 Å². The van der Waals surface area contributed by atoms with E-state index in [-0.39, 0.29) is 40.6 Å². The Balaban J connectivity index is 1.26. The molecule has 4 fully saturated rings. The van der Waals surface area contributed by atoms with Crippen LogP contribution >= 0.6 is 0 Å². The van der Waals surface area contributed by atoms with Gasteiger partial charge in [0.05, 0.1) is 49.5 Å². The summed E-state index contributed by atoms with van der Waals surface area (Å²) in [5.74, 6) is 2.05. The Bertz CT molecular complexity index is 1020. The van der Waals surface area contributed by atoms with E-state index in [9.17, 15) is 28.0 Å². The van der Waals surface area contributed by atoms with Crippen LogP contribution in [0.3, 0.4) is 0 Å². The predicted octanol–water partition coefficient (Wildman–Crippen LogP) is 3.91. The molecular formula is C32H58N2O6S. The van der Waals surface area contributed by atoms with E-state index in [1.165, 1.54) is 25.7 Å². The highest BCUT2D eigenvalue weighted by atomic mass is 32.2. The fourth-order valence-corrected chi connectivity index (χ4v) is 10.8. The largest absolute Gasteiger partial charge is 0.748 e. The van der Waals surface area contributed by atoms with Gasteiger partial charge in [0.2, 0.25) is 5.91 Å². The maximum atomic E-state index is 12.7. The van der Waals surface area contributed by atoms with Crippen molar-refractivity contribution < 1.29 is 32.5 Å². The Kier molecular flexibility index (Phi) is 10.3. The van der Waals surface area contributed by atoms with Crippen molar-refractivity contribution in [1.29, 1.82) is 0 Å². The van der Waals surface area contributed by atoms with Crippen LogP contribution in [0, 0.1) is 46.3 Å². The fourth-order valence-electron chi connectivity index (χ4n) is 10.4. The summed E-state index contributed by atoms with van der Waals surface area (Å²) >= 11 is 0. The van der Waals surface area contributed by atoms with Crippen LogP contribution in [-0.4, -0.2) is 85.3 Å². The Morgan fingerprint density at radius 2 is 1.76 bits per heavy atom. The number of hydrogen-bond acceptors (Lipinski definition) is 6. The number of aliphatic hydroxyl groups is 2. The van der Waals surface area contributed by atoms with Crippen LogP contribution in [0.2, 0.25) is 0 Å². The Hall–Kier alpha value is -0.740. The minimum Gasteiger partial charge on any atom is -0.748 e. The molecule has 0 aliphatic heterocycles. The second kappa shape index (κ2) is 12.7. The molecule has 41 heavy (non-hydrogen) atoms. The summed E-state index contributed by atoms with van der Waals surface area (Å²) in [6, 6.07) is 0. The lowest BCUT2D eigenvalue weighted by Crippen LogP contribution is -2.61. The molecule has 0 aromatic carbocycles. The van der Waals surface area contributed by atoms with Crippen LogP contribution in [-0.2, 0) is 14.9 Å². The van der Waals surface area contributed by atoms with Gasteiger partial charge in [0.25, 0.3) is 0 Å². The summed E-state index contributed by atoms with van der Waals surface area (Å²) in [4.78, 5) is 12.7. The van der Waals surface area contributed by atoms with Crippen LogP contribution in [0.1, 0.15) is 97.8 Å². The molecule has 0 radical (unpaired) electrons. The van der Waals surface area contributed by atoms with Crippen LogP contribution in [0.5, 0.6) is 0 Å². The molecule has 0 aromatic rings. The maximum absolute atomic E-state index is 12.7. The second-order valence-electron chi connectivity index (χ2n) is 15.6. The lowest BCUT2D eigenvalue weighted by molar-refractivity contribution is -0.890. The number of hydrogen-bond donors (Lipinski definition) is 3. The molecule has 1 amide bonds. The van der Waals surface area contributed by atoms with E-state index in [0.717, 1.165) is 45.1 Å². The smallest absolute Gasteiger partial charge is 0.220 e. The van der Waals surface area contributed by atoms with Gasteiger partial charge in [0, 0.05) is 31.6 Å². The summed E-state index contributed by atoms with van der Waals surface area (Å²) in [7, 11) is -0.149. The predicted molar refractivity (Wildman–Crippen MR) is 160 cm³/mol. The Morgan fingerprint density at radius 3 is 2.46 bits per heavy atom. The molecule has 8 nitrogen and oxygen atoms in total. The van der Waals surface area contributed by atoms with E-state index in [2.05, 4.69) is 26.1 Å². The van der Waals surface area contributed by atoms with Crippen LogP contribution in [0.4, 0.5) is 0 Å². The lowest BCUT2D eigenvalue weighted by atomic mass is 9.43. The number of nitrogens with one attached hydrogen (secondary N) is 1. The average molecular weight is 599 g/mol. The number of fused-ring (bicyclic) bond motifs is 5. The maximum Gasteiger partial charge on any atom is 0.220 e. The van der Waals surface area contributed by atoms with Crippen molar-refractivity contribution in [2.45, 2.75) is 110 Å². The Labute approximate surface area is 249 Å². The first-order valence-corrected chi connectivity index (χ1v) is 18.0.